The molecule has 6 nitrogen and oxygen atoms in total. The summed E-state index contributed by atoms with van der Waals surface area (Å²) < 4.78 is 53.3. The van der Waals surface area contributed by atoms with E-state index in [1.54, 1.807) is 30.3 Å². The van der Waals surface area contributed by atoms with Gasteiger partial charge in [0.2, 0.25) is 0 Å². The second kappa shape index (κ2) is 14.4. The fourth-order valence-electron chi connectivity index (χ4n) is 4.71. The highest BCUT2D eigenvalue weighted by atomic mass is 35.5. The average Bonchev–Trinajstić information content (AvgIpc) is 2.89. The smallest absolute Gasteiger partial charge is 0.490 e. The first-order valence-corrected chi connectivity index (χ1v) is 13.5. The lowest BCUT2D eigenvalue weighted by Gasteiger charge is -2.38. The van der Waals surface area contributed by atoms with E-state index in [1.165, 1.54) is 12.1 Å². The second-order valence-electron chi connectivity index (χ2n) is 9.53. The van der Waals surface area contributed by atoms with Gasteiger partial charge in [0.25, 0.3) is 0 Å². The number of halogens is 6. The number of anilines is 1. The molecule has 12 heteroatoms. The lowest BCUT2D eigenvalue weighted by Crippen LogP contribution is -2.50. The molecular weight excluding hydrogens is 604 g/mol. The summed E-state index contributed by atoms with van der Waals surface area (Å²) in [5.41, 5.74) is 9.75. The number of carbonyl (C=O) groups is 1. The zero-order chi connectivity index (χ0) is 28.9. The zero-order valence-electron chi connectivity index (χ0n) is 22.1. The molecule has 1 heterocycles. The molecule has 1 aliphatic rings. The quantitative estimate of drug-likeness (QED) is 0.178. The van der Waals surface area contributed by atoms with Gasteiger partial charge in [0, 0.05) is 12.2 Å². The molecule has 0 fully saturated rings. The van der Waals surface area contributed by atoms with E-state index >= 15 is 0 Å². The van der Waals surface area contributed by atoms with Gasteiger partial charge < -0.3 is 29.6 Å². The molecule has 2 unspecified atom stereocenters. The van der Waals surface area contributed by atoms with E-state index in [1.807, 2.05) is 24.0 Å². The Bertz CT molecular complexity index is 1300. The number of ether oxygens (including phenoxy) is 3. The molecule has 4 rings (SSSR count). The van der Waals surface area contributed by atoms with Crippen LogP contribution in [-0.2, 0) is 17.6 Å². The molecule has 2 N–H and O–H groups in total. The molecule has 0 bridgehead atoms. The molecule has 1 aliphatic heterocycles. The van der Waals surface area contributed by atoms with E-state index in [0.717, 1.165) is 17.4 Å². The van der Waals surface area contributed by atoms with Crippen molar-refractivity contribution < 1.29 is 32.2 Å². The fraction of sp³-hybridized carbons (Fsp3) is 0.345. The van der Waals surface area contributed by atoms with Crippen LogP contribution in [0.25, 0.3) is 0 Å². The number of nitrogens with zero attached hydrogens (tertiary/aromatic N) is 1. The van der Waals surface area contributed by atoms with Crippen molar-refractivity contribution in [1.29, 1.82) is 0 Å². The molecule has 3 aromatic rings. The van der Waals surface area contributed by atoms with Gasteiger partial charge >= 0.3 is 6.36 Å². The first kappa shape index (κ1) is 32.7. The van der Waals surface area contributed by atoms with Crippen LogP contribution >= 0.6 is 35.6 Å². The summed E-state index contributed by atoms with van der Waals surface area (Å²) in [6.07, 6.45) is -2.92. The third-order valence-corrected chi connectivity index (χ3v) is 7.11. The maximum absolute atomic E-state index is 12.6. The minimum atomic E-state index is -4.76. The molecule has 0 amide bonds. The number of aldehydes is 1. The molecule has 0 radical (unpaired) electrons. The van der Waals surface area contributed by atoms with Gasteiger partial charge in [-0.25, -0.2) is 0 Å². The molecule has 41 heavy (non-hydrogen) atoms. The number of aryl methyl sites for hydroxylation is 2. The Kier molecular flexibility index (Phi) is 11.4. The first-order valence-electron chi connectivity index (χ1n) is 12.7. The van der Waals surface area contributed by atoms with Gasteiger partial charge in [0.05, 0.1) is 22.1 Å². The van der Waals surface area contributed by atoms with Crippen LogP contribution in [0.3, 0.4) is 0 Å². The number of benzene rings is 3. The largest absolute Gasteiger partial charge is 0.573 e. The summed E-state index contributed by atoms with van der Waals surface area (Å²) in [5.74, 6) is 0.226. The summed E-state index contributed by atoms with van der Waals surface area (Å²) in [6, 6.07) is 15.1. The SMILES string of the molecule is Cc1cc(Cl)c(OCCOc2ccc(CC(C=O)C(N)N3CCCc4cc(OC(F)(F)F)ccc43)cc2)c(Cl)c1.Cl. The highest BCUT2D eigenvalue weighted by Crippen LogP contribution is 2.35. The molecule has 3 aromatic carbocycles. The van der Waals surface area contributed by atoms with Crippen LogP contribution in [0.2, 0.25) is 10.0 Å². The van der Waals surface area contributed by atoms with Gasteiger partial charge in [-0.15, -0.1) is 25.6 Å². The molecule has 0 aromatic heterocycles. The van der Waals surface area contributed by atoms with Crippen molar-refractivity contribution >= 4 is 47.6 Å². The van der Waals surface area contributed by atoms with Crippen LogP contribution in [0.5, 0.6) is 17.2 Å². The molecule has 0 saturated carbocycles. The van der Waals surface area contributed by atoms with Crippen molar-refractivity contribution in [3.63, 3.8) is 0 Å². The standard InChI is InChI=1S/C29H29Cl2F3N2O4.ClH/c1-18-13-24(30)27(25(31)14-18)39-12-11-38-22-6-4-19(5-7-22)15-21(17-37)28(35)36-10-2-3-20-16-23(8-9-26(20)36)40-29(32,33)34;/h4-9,13-14,16-17,21,28H,2-3,10-12,15,35H2,1H3;1H. The van der Waals surface area contributed by atoms with Crippen molar-refractivity contribution in [2.24, 2.45) is 11.7 Å². The average molecular weight is 634 g/mol. The molecule has 0 spiro atoms. The minimum absolute atomic E-state index is 0. The number of carbonyl (C=O) groups excluding carboxylic acids is 1. The maximum atomic E-state index is 12.6. The van der Waals surface area contributed by atoms with E-state index in [-0.39, 0.29) is 31.4 Å². The Morgan fingerprint density at radius 1 is 1.00 bits per heavy atom. The van der Waals surface area contributed by atoms with Crippen molar-refractivity contribution in [2.75, 3.05) is 24.7 Å². The van der Waals surface area contributed by atoms with Crippen molar-refractivity contribution in [3.05, 3.63) is 81.3 Å². The Balaban J connectivity index is 0.00000462. The van der Waals surface area contributed by atoms with Gasteiger partial charge in [-0.3, -0.25) is 0 Å². The number of rotatable bonds is 11. The number of hydrogen-bond donors (Lipinski definition) is 1. The van der Waals surface area contributed by atoms with E-state index < -0.39 is 18.4 Å². The van der Waals surface area contributed by atoms with Crippen molar-refractivity contribution in [1.82, 2.24) is 0 Å². The number of alkyl halides is 3. The highest BCUT2D eigenvalue weighted by Gasteiger charge is 2.32. The van der Waals surface area contributed by atoms with Crippen LogP contribution in [-0.4, -0.2) is 38.6 Å². The third kappa shape index (κ3) is 8.82. The summed E-state index contributed by atoms with van der Waals surface area (Å²) in [6.45, 7) is 2.99. The van der Waals surface area contributed by atoms with Gasteiger partial charge in [0.1, 0.15) is 31.0 Å². The first-order chi connectivity index (χ1) is 19.0. The van der Waals surface area contributed by atoms with Crippen LogP contribution < -0.4 is 24.8 Å². The van der Waals surface area contributed by atoms with Gasteiger partial charge in [-0.2, -0.15) is 0 Å². The molecule has 0 saturated heterocycles. The van der Waals surface area contributed by atoms with Gasteiger partial charge in [0.15, 0.2) is 5.75 Å². The number of nitrogens with two attached hydrogens (primary N) is 1. The molecule has 2 atom stereocenters. The van der Waals surface area contributed by atoms with Gasteiger partial charge in [-0.05, 0) is 85.3 Å². The third-order valence-electron chi connectivity index (χ3n) is 6.55. The Hall–Kier alpha value is -2.85. The number of hydrogen-bond acceptors (Lipinski definition) is 6. The molecular formula is C29H30Cl3F3N2O4. The van der Waals surface area contributed by atoms with Gasteiger partial charge in [-0.1, -0.05) is 35.3 Å². The summed E-state index contributed by atoms with van der Waals surface area (Å²) in [5, 5.41) is 0.871. The summed E-state index contributed by atoms with van der Waals surface area (Å²) in [7, 11) is 0. The lowest BCUT2D eigenvalue weighted by atomic mass is 9.94. The maximum Gasteiger partial charge on any atom is 0.573 e. The fourth-order valence-corrected chi connectivity index (χ4v) is 5.42. The molecule has 0 aliphatic carbocycles. The summed E-state index contributed by atoms with van der Waals surface area (Å²) in [4.78, 5) is 13.9. The van der Waals surface area contributed by atoms with Crippen LogP contribution in [0, 0.1) is 12.8 Å². The predicted octanol–water partition coefficient (Wildman–Crippen LogP) is 7.18. The monoisotopic (exact) mass is 632 g/mol. The Morgan fingerprint density at radius 2 is 1.63 bits per heavy atom. The van der Waals surface area contributed by atoms with Crippen LogP contribution in [0.4, 0.5) is 18.9 Å². The Labute approximate surface area is 252 Å². The zero-order valence-corrected chi connectivity index (χ0v) is 24.5. The highest BCUT2D eigenvalue weighted by molar-refractivity contribution is 6.37. The minimum Gasteiger partial charge on any atom is -0.490 e. The Morgan fingerprint density at radius 3 is 2.27 bits per heavy atom. The van der Waals surface area contributed by atoms with Crippen LogP contribution in [0.1, 0.15) is 23.1 Å². The van der Waals surface area contributed by atoms with Crippen molar-refractivity contribution in [3.8, 4) is 17.2 Å². The normalized spacial score (nSPS) is 14.4. The van der Waals surface area contributed by atoms with E-state index in [0.29, 0.717) is 58.6 Å². The number of fused-ring (bicyclic) bond motifs is 1. The van der Waals surface area contributed by atoms with E-state index in [2.05, 4.69) is 4.74 Å². The van der Waals surface area contributed by atoms with Crippen molar-refractivity contribution in [2.45, 2.75) is 38.7 Å². The predicted molar refractivity (Wildman–Crippen MR) is 156 cm³/mol. The summed E-state index contributed by atoms with van der Waals surface area (Å²) >= 11 is 12.4. The molecule has 222 valence electrons. The van der Waals surface area contributed by atoms with E-state index in [4.69, 9.17) is 38.4 Å². The topological polar surface area (TPSA) is 74.0 Å². The van der Waals surface area contributed by atoms with E-state index in [9.17, 15) is 18.0 Å². The lowest BCUT2D eigenvalue weighted by molar-refractivity contribution is -0.274. The second-order valence-corrected chi connectivity index (χ2v) is 10.3. The van der Waals surface area contributed by atoms with Crippen LogP contribution in [0.15, 0.2) is 54.6 Å².